The van der Waals surface area contributed by atoms with Crippen molar-refractivity contribution < 1.29 is 9.13 Å². The molecule has 0 spiro atoms. The summed E-state index contributed by atoms with van der Waals surface area (Å²) in [6.07, 6.45) is 2.46. The number of ether oxygens (including phenoxy) is 1. The number of nitrogens with zero attached hydrogens (tertiary/aromatic N) is 1. The van der Waals surface area contributed by atoms with Crippen LogP contribution in [0.4, 0.5) is 10.1 Å². The molecular formula is C15H22BrFN2O. The van der Waals surface area contributed by atoms with E-state index in [1.807, 2.05) is 12.1 Å². The molecule has 1 unspecified atom stereocenters. The predicted octanol–water partition coefficient (Wildman–Crippen LogP) is 3.30. The van der Waals surface area contributed by atoms with Gasteiger partial charge in [0.25, 0.3) is 0 Å². The third-order valence-electron chi connectivity index (χ3n) is 4.00. The van der Waals surface area contributed by atoms with Gasteiger partial charge in [-0.25, -0.2) is 4.39 Å². The summed E-state index contributed by atoms with van der Waals surface area (Å²) in [5, 5.41) is 0. The zero-order valence-corrected chi connectivity index (χ0v) is 13.6. The number of anilines is 1. The number of nitrogens with two attached hydrogens (primary N) is 1. The van der Waals surface area contributed by atoms with Crippen molar-refractivity contribution in [2.24, 2.45) is 11.7 Å². The molecule has 0 bridgehead atoms. The van der Waals surface area contributed by atoms with Crippen LogP contribution in [0.3, 0.4) is 0 Å². The summed E-state index contributed by atoms with van der Waals surface area (Å²) in [6.45, 7) is 3.78. The summed E-state index contributed by atoms with van der Waals surface area (Å²) in [4.78, 5) is 2.11. The van der Waals surface area contributed by atoms with Gasteiger partial charge in [0, 0.05) is 26.2 Å². The maximum absolute atomic E-state index is 14.6. The minimum absolute atomic E-state index is 0.225. The first-order valence-electron chi connectivity index (χ1n) is 7.02. The fourth-order valence-electron chi connectivity index (χ4n) is 2.52. The normalized spacial score (nSPS) is 16.2. The van der Waals surface area contributed by atoms with Gasteiger partial charge in [0.2, 0.25) is 0 Å². The van der Waals surface area contributed by atoms with Gasteiger partial charge >= 0.3 is 0 Å². The molecule has 0 aromatic heterocycles. The SMILES string of the molecule is COCCN(c1ccc(CN)c(Br)c1F)C(C)C1CC1. The van der Waals surface area contributed by atoms with E-state index in [1.165, 1.54) is 12.8 Å². The van der Waals surface area contributed by atoms with Crippen molar-refractivity contribution in [1.82, 2.24) is 0 Å². The fraction of sp³-hybridized carbons (Fsp3) is 0.600. The maximum Gasteiger partial charge on any atom is 0.160 e. The Balaban J connectivity index is 2.29. The van der Waals surface area contributed by atoms with Crippen molar-refractivity contribution >= 4 is 21.6 Å². The standard InChI is InChI=1S/C15H22BrFN2O/c1-10(11-3-4-11)19(7-8-20-2)13-6-5-12(9-18)14(16)15(13)17/h5-6,10-11H,3-4,7-9,18H2,1-2H3. The van der Waals surface area contributed by atoms with E-state index in [0.29, 0.717) is 41.8 Å². The lowest BCUT2D eigenvalue weighted by molar-refractivity contribution is 0.202. The van der Waals surface area contributed by atoms with Crippen molar-refractivity contribution in [3.8, 4) is 0 Å². The molecule has 0 aliphatic heterocycles. The second-order valence-corrected chi connectivity index (χ2v) is 6.13. The lowest BCUT2D eigenvalue weighted by Crippen LogP contribution is -2.38. The molecule has 0 saturated heterocycles. The lowest BCUT2D eigenvalue weighted by atomic mass is 10.1. The van der Waals surface area contributed by atoms with E-state index >= 15 is 0 Å². The van der Waals surface area contributed by atoms with E-state index in [-0.39, 0.29) is 5.82 Å². The molecule has 2 rings (SSSR count). The highest BCUT2D eigenvalue weighted by molar-refractivity contribution is 9.10. The smallest absolute Gasteiger partial charge is 0.160 e. The Bertz CT molecular complexity index is 465. The molecule has 1 aliphatic carbocycles. The van der Waals surface area contributed by atoms with Crippen LogP contribution in [-0.2, 0) is 11.3 Å². The molecule has 0 heterocycles. The number of rotatable bonds is 7. The first kappa shape index (κ1) is 15.7. The summed E-state index contributed by atoms with van der Waals surface area (Å²) in [6, 6.07) is 4.05. The van der Waals surface area contributed by atoms with Gasteiger partial charge in [-0.2, -0.15) is 0 Å². The minimum Gasteiger partial charge on any atom is -0.383 e. The van der Waals surface area contributed by atoms with Crippen molar-refractivity contribution in [3.63, 3.8) is 0 Å². The number of hydrogen-bond acceptors (Lipinski definition) is 3. The van der Waals surface area contributed by atoms with Crippen LogP contribution in [0.2, 0.25) is 0 Å². The second kappa shape index (κ2) is 6.87. The Hall–Kier alpha value is -0.650. The highest BCUT2D eigenvalue weighted by atomic mass is 79.9. The molecule has 0 radical (unpaired) electrons. The van der Waals surface area contributed by atoms with Crippen LogP contribution in [0.5, 0.6) is 0 Å². The molecule has 2 N–H and O–H groups in total. The van der Waals surface area contributed by atoms with Crippen molar-refractivity contribution in [1.29, 1.82) is 0 Å². The molecule has 0 amide bonds. The zero-order valence-electron chi connectivity index (χ0n) is 12.0. The number of benzene rings is 1. The molecule has 1 atom stereocenters. The fourth-order valence-corrected chi connectivity index (χ4v) is 3.02. The van der Waals surface area contributed by atoms with E-state index in [0.717, 1.165) is 5.56 Å². The average molecular weight is 345 g/mol. The van der Waals surface area contributed by atoms with E-state index in [1.54, 1.807) is 7.11 Å². The first-order valence-corrected chi connectivity index (χ1v) is 7.82. The highest BCUT2D eigenvalue weighted by Crippen LogP contribution is 2.38. The monoisotopic (exact) mass is 344 g/mol. The summed E-state index contributed by atoms with van der Waals surface area (Å²) in [5.74, 6) is 0.441. The lowest BCUT2D eigenvalue weighted by Gasteiger charge is -2.32. The molecule has 20 heavy (non-hydrogen) atoms. The molecule has 1 aromatic rings. The highest BCUT2D eigenvalue weighted by Gasteiger charge is 2.33. The van der Waals surface area contributed by atoms with Crippen LogP contribution < -0.4 is 10.6 Å². The molecule has 112 valence electrons. The minimum atomic E-state index is -0.225. The summed E-state index contributed by atoms with van der Waals surface area (Å²) in [7, 11) is 1.67. The van der Waals surface area contributed by atoms with Crippen LogP contribution in [-0.4, -0.2) is 26.3 Å². The van der Waals surface area contributed by atoms with Gasteiger partial charge in [0.15, 0.2) is 5.82 Å². The van der Waals surface area contributed by atoms with Crippen molar-refractivity contribution in [2.45, 2.75) is 32.4 Å². The number of hydrogen-bond donors (Lipinski definition) is 1. The van der Waals surface area contributed by atoms with Crippen LogP contribution >= 0.6 is 15.9 Å². The van der Waals surface area contributed by atoms with E-state index in [4.69, 9.17) is 10.5 Å². The topological polar surface area (TPSA) is 38.5 Å². The van der Waals surface area contributed by atoms with Crippen molar-refractivity contribution in [2.75, 3.05) is 25.2 Å². The third-order valence-corrected chi connectivity index (χ3v) is 4.86. The Kier molecular flexibility index (Phi) is 5.41. The van der Waals surface area contributed by atoms with Crippen molar-refractivity contribution in [3.05, 3.63) is 28.0 Å². The molecule has 1 fully saturated rings. The third kappa shape index (κ3) is 3.32. The van der Waals surface area contributed by atoms with Gasteiger partial charge in [0.05, 0.1) is 16.8 Å². The zero-order chi connectivity index (χ0) is 14.7. The molecule has 3 nitrogen and oxygen atoms in total. The largest absolute Gasteiger partial charge is 0.383 e. The second-order valence-electron chi connectivity index (χ2n) is 5.34. The van der Waals surface area contributed by atoms with Gasteiger partial charge in [-0.15, -0.1) is 0 Å². The number of methoxy groups -OCH3 is 1. The van der Waals surface area contributed by atoms with E-state index in [2.05, 4.69) is 27.8 Å². The van der Waals surface area contributed by atoms with Crippen LogP contribution in [0.25, 0.3) is 0 Å². The van der Waals surface area contributed by atoms with Gasteiger partial charge in [-0.05, 0) is 53.2 Å². The van der Waals surface area contributed by atoms with Gasteiger partial charge < -0.3 is 15.4 Å². The first-order chi connectivity index (χ1) is 9.60. The van der Waals surface area contributed by atoms with Gasteiger partial charge in [-0.3, -0.25) is 0 Å². The van der Waals surface area contributed by atoms with Crippen LogP contribution in [0, 0.1) is 11.7 Å². The number of halogens is 2. The maximum atomic E-state index is 14.6. The van der Waals surface area contributed by atoms with Gasteiger partial charge in [-0.1, -0.05) is 6.07 Å². The molecule has 1 aromatic carbocycles. The Morgan fingerprint density at radius 3 is 2.75 bits per heavy atom. The quantitative estimate of drug-likeness (QED) is 0.824. The summed E-state index contributed by atoms with van der Waals surface area (Å²) in [5.41, 5.74) is 7.03. The molecule has 5 heteroatoms. The molecule has 1 aliphatic rings. The average Bonchev–Trinajstić information content (AvgIpc) is 3.28. The summed E-state index contributed by atoms with van der Waals surface area (Å²) >= 11 is 3.32. The Morgan fingerprint density at radius 2 is 2.20 bits per heavy atom. The predicted molar refractivity (Wildman–Crippen MR) is 83.4 cm³/mol. The van der Waals surface area contributed by atoms with Crippen LogP contribution in [0.15, 0.2) is 16.6 Å². The summed E-state index contributed by atoms with van der Waals surface area (Å²) < 4.78 is 20.2. The Labute approximate surface area is 128 Å². The Morgan fingerprint density at radius 1 is 1.50 bits per heavy atom. The molecular weight excluding hydrogens is 323 g/mol. The van der Waals surface area contributed by atoms with E-state index < -0.39 is 0 Å². The van der Waals surface area contributed by atoms with E-state index in [9.17, 15) is 4.39 Å². The van der Waals surface area contributed by atoms with Crippen LogP contribution in [0.1, 0.15) is 25.3 Å². The molecule has 1 saturated carbocycles. The van der Waals surface area contributed by atoms with Gasteiger partial charge in [0.1, 0.15) is 0 Å².